The summed E-state index contributed by atoms with van der Waals surface area (Å²) in [6, 6.07) is 22.7. The number of para-hydroxylation sites is 1. The predicted octanol–water partition coefficient (Wildman–Crippen LogP) is 4.90. The Kier molecular flexibility index (Phi) is 5.26. The Balaban J connectivity index is 1.56. The highest BCUT2D eigenvalue weighted by atomic mass is 35.5. The molecule has 0 saturated heterocycles. The van der Waals surface area contributed by atoms with Gasteiger partial charge < -0.3 is 9.72 Å². The first-order valence-corrected chi connectivity index (χ1v) is 9.34. The minimum Gasteiger partial charge on any atom is -0.334 e. The van der Waals surface area contributed by atoms with Crippen LogP contribution in [-0.2, 0) is 13.1 Å². The number of anilines is 1. The lowest BCUT2D eigenvalue weighted by Gasteiger charge is -2.23. The summed E-state index contributed by atoms with van der Waals surface area (Å²) in [4.78, 5) is 19.1. The molecule has 0 saturated carbocycles. The normalized spacial score (nSPS) is 10.8. The summed E-state index contributed by atoms with van der Waals surface area (Å²) in [5.74, 6) is 0. The lowest BCUT2D eigenvalue weighted by Crippen LogP contribution is -2.39. The molecule has 2 amide bonds. The van der Waals surface area contributed by atoms with E-state index < -0.39 is 0 Å². The zero-order valence-electron chi connectivity index (χ0n) is 15.1. The third kappa shape index (κ3) is 4.00. The number of nitrogens with one attached hydrogen (secondary N) is 1. The number of carbonyl (C=O) groups excluding carboxylic acids is 1. The van der Waals surface area contributed by atoms with E-state index >= 15 is 0 Å². The average Bonchev–Trinajstić information content (AvgIpc) is 3.15. The molecule has 0 aliphatic rings. The standard InChI is InChI=1S/C22H19ClN4O/c23-18-11-9-17(10-12-18)14-25-22(28)27(19-6-2-1-3-7-19)16-20-15-24-21-8-4-5-13-26(20)21/h1-13,15H,14,16H2,(H,25,28). The Morgan fingerprint density at radius 3 is 2.54 bits per heavy atom. The highest BCUT2D eigenvalue weighted by molar-refractivity contribution is 6.30. The molecular formula is C22H19ClN4O. The number of hydrogen-bond donors (Lipinski definition) is 1. The van der Waals surface area contributed by atoms with E-state index in [9.17, 15) is 4.79 Å². The van der Waals surface area contributed by atoms with Crippen LogP contribution in [-0.4, -0.2) is 15.4 Å². The molecule has 0 aliphatic carbocycles. The SMILES string of the molecule is O=C(NCc1ccc(Cl)cc1)N(Cc1cnc2ccccn12)c1ccccc1. The first-order chi connectivity index (χ1) is 13.7. The average molecular weight is 391 g/mol. The zero-order chi connectivity index (χ0) is 19.3. The van der Waals surface area contributed by atoms with Crippen molar-refractivity contribution in [3.05, 3.63) is 101 Å². The summed E-state index contributed by atoms with van der Waals surface area (Å²) in [7, 11) is 0. The van der Waals surface area contributed by atoms with Gasteiger partial charge in [0.05, 0.1) is 18.4 Å². The fraction of sp³-hybridized carbons (Fsp3) is 0.0909. The van der Waals surface area contributed by atoms with E-state index in [-0.39, 0.29) is 6.03 Å². The van der Waals surface area contributed by atoms with Gasteiger partial charge in [0.15, 0.2) is 0 Å². The maximum atomic E-state index is 13.0. The van der Waals surface area contributed by atoms with Gasteiger partial charge in [0, 0.05) is 23.5 Å². The number of aromatic nitrogens is 2. The van der Waals surface area contributed by atoms with Crippen molar-refractivity contribution in [1.82, 2.24) is 14.7 Å². The van der Waals surface area contributed by atoms with Gasteiger partial charge in [-0.1, -0.05) is 48.0 Å². The van der Waals surface area contributed by atoms with E-state index in [1.165, 1.54) is 0 Å². The molecule has 28 heavy (non-hydrogen) atoms. The molecule has 0 spiro atoms. The van der Waals surface area contributed by atoms with Crippen LogP contribution in [0.25, 0.3) is 5.65 Å². The molecule has 4 rings (SSSR count). The quantitative estimate of drug-likeness (QED) is 0.526. The molecule has 0 radical (unpaired) electrons. The van der Waals surface area contributed by atoms with Crippen molar-refractivity contribution in [1.29, 1.82) is 0 Å². The Bertz CT molecular complexity index is 1080. The van der Waals surface area contributed by atoms with E-state index in [0.717, 1.165) is 22.6 Å². The van der Waals surface area contributed by atoms with Crippen LogP contribution in [0.15, 0.2) is 85.2 Å². The van der Waals surface area contributed by atoms with Crippen molar-refractivity contribution in [3.8, 4) is 0 Å². The van der Waals surface area contributed by atoms with E-state index in [0.29, 0.717) is 18.1 Å². The molecule has 2 aromatic heterocycles. The zero-order valence-corrected chi connectivity index (χ0v) is 15.9. The monoisotopic (exact) mass is 390 g/mol. The minimum absolute atomic E-state index is 0.174. The van der Waals surface area contributed by atoms with Crippen LogP contribution in [0.1, 0.15) is 11.3 Å². The van der Waals surface area contributed by atoms with Gasteiger partial charge in [-0.05, 0) is 42.0 Å². The number of benzene rings is 2. The van der Waals surface area contributed by atoms with Crippen molar-refractivity contribution < 1.29 is 4.79 Å². The fourth-order valence-electron chi connectivity index (χ4n) is 3.03. The fourth-order valence-corrected chi connectivity index (χ4v) is 3.15. The van der Waals surface area contributed by atoms with E-state index in [4.69, 9.17) is 11.6 Å². The summed E-state index contributed by atoms with van der Waals surface area (Å²) in [6.07, 6.45) is 3.75. The number of amides is 2. The number of fused-ring (bicyclic) bond motifs is 1. The van der Waals surface area contributed by atoms with Gasteiger partial charge in [0.1, 0.15) is 5.65 Å². The number of carbonyl (C=O) groups is 1. The number of halogens is 1. The van der Waals surface area contributed by atoms with E-state index in [1.807, 2.05) is 83.4 Å². The Morgan fingerprint density at radius 1 is 1.00 bits per heavy atom. The van der Waals surface area contributed by atoms with Crippen molar-refractivity contribution in [3.63, 3.8) is 0 Å². The molecule has 2 heterocycles. The van der Waals surface area contributed by atoms with Gasteiger partial charge in [-0.3, -0.25) is 4.90 Å². The first-order valence-electron chi connectivity index (χ1n) is 8.96. The number of rotatable bonds is 5. The number of pyridine rings is 1. The van der Waals surface area contributed by atoms with Crippen LogP contribution >= 0.6 is 11.6 Å². The lowest BCUT2D eigenvalue weighted by atomic mass is 10.2. The second-order valence-electron chi connectivity index (χ2n) is 6.39. The third-order valence-electron chi connectivity index (χ3n) is 4.48. The van der Waals surface area contributed by atoms with E-state index in [1.54, 1.807) is 11.1 Å². The molecule has 0 bridgehead atoms. The topological polar surface area (TPSA) is 49.6 Å². The number of imidazole rings is 1. The van der Waals surface area contributed by atoms with Crippen LogP contribution in [0.2, 0.25) is 5.02 Å². The van der Waals surface area contributed by atoms with E-state index in [2.05, 4.69) is 10.3 Å². The first kappa shape index (κ1) is 18.1. The van der Waals surface area contributed by atoms with Gasteiger partial charge in [-0.15, -0.1) is 0 Å². The maximum absolute atomic E-state index is 13.0. The van der Waals surface area contributed by atoms with Crippen LogP contribution < -0.4 is 10.2 Å². The highest BCUT2D eigenvalue weighted by Crippen LogP contribution is 2.18. The largest absolute Gasteiger partial charge is 0.334 e. The highest BCUT2D eigenvalue weighted by Gasteiger charge is 2.18. The van der Waals surface area contributed by atoms with Crippen LogP contribution in [0.5, 0.6) is 0 Å². The Hall–Kier alpha value is -3.31. The van der Waals surface area contributed by atoms with Gasteiger partial charge in [0.2, 0.25) is 0 Å². The summed E-state index contributed by atoms with van der Waals surface area (Å²) in [5.41, 5.74) is 3.59. The predicted molar refractivity (Wildman–Crippen MR) is 112 cm³/mol. The Labute approximate surface area is 168 Å². The molecule has 0 fully saturated rings. The molecule has 0 unspecified atom stereocenters. The molecule has 0 atom stereocenters. The van der Waals surface area contributed by atoms with Crippen LogP contribution in [0, 0.1) is 0 Å². The molecule has 4 aromatic rings. The van der Waals surface area contributed by atoms with Crippen LogP contribution in [0.4, 0.5) is 10.5 Å². The molecule has 6 heteroatoms. The smallest absolute Gasteiger partial charge is 0.322 e. The van der Waals surface area contributed by atoms with Gasteiger partial charge in [-0.25, -0.2) is 9.78 Å². The number of nitrogens with zero attached hydrogens (tertiary/aromatic N) is 3. The molecule has 1 N–H and O–H groups in total. The molecule has 5 nitrogen and oxygen atoms in total. The van der Waals surface area contributed by atoms with Crippen molar-refractivity contribution in [2.75, 3.05) is 4.90 Å². The third-order valence-corrected chi connectivity index (χ3v) is 4.74. The van der Waals surface area contributed by atoms with Gasteiger partial charge >= 0.3 is 6.03 Å². The molecule has 2 aromatic carbocycles. The summed E-state index contributed by atoms with van der Waals surface area (Å²) in [5, 5.41) is 3.67. The Morgan fingerprint density at radius 2 is 1.75 bits per heavy atom. The molecular weight excluding hydrogens is 372 g/mol. The van der Waals surface area contributed by atoms with Gasteiger partial charge in [0.25, 0.3) is 0 Å². The summed E-state index contributed by atoms with van der Waals surface area (Å²) in [6.45, 7) is 0.828. The van der Waals surface area contributed by atoms with Crippen molar-refractivity contribution >= 4 is 29.0 Å². The maximum Gasteiger partial charge on any atom is 0.322 e. The summed E-state index contributed by atoms with van der Waals surface area (Å²) < 4.78 is 1.99. The van der Waals surface area contributed by atoms with Crippen molar-refractivity contribution in [2.24, 2.45) is 0 Å². The lowest BCUT2D eigenvalue weighted by molar-refractivity contribution is 0.245. The summed E-state index contributed by atoms with van der Waals surface area (Å²) >= 11 is 5.93. The molecule has 0 aliphatic heterocycles. The minimum atomic E-state index is -0.174. The van der Waals surface area contributed by atoms with Gasteiger partial charge in [-0.2, -0.15) is 0 Å². The van der Waals surface area contributed by atoms with Crippen LogP contribution in [0.3, 0.4) is 0 Å². The number of hydrogen-bond acceptors (Lipinski definition) is 2. The number of urea groups is 1. The second kappa shape index (κ2) is 8.15. The van der Waals surface area contributed by atoms with Crippen molar-refractivity contribution in [2.45, 2.75) is 13.1 Å². The second-order valence-corrected chi connectivity index (χ2v) is 6.82. The molecule has 140 valence electrons.